The molecule has 30 heavy (non-hydrogen) atoms. The zero-order valence-corrected chi connectivity index (χ0v) is 17.1. The second-order valence-corrected chi connectivity index (χ2v) is 8.19. The van der Waals surface area contributed by atoms with Crippen LogP contribution in [0.2, 0.25) is 0 Å². The lowest BCUT2D eigenvalue weighted by Crippen LogP contribution is -2.24. The first-order valence-corrected chi connectivity index (χ1v) is 10.5. The second kappa shape index (κ2) is 7.46. The highest BCUT2D eigenvalue weighted by atomic mass is 32.1. The third-order valence-corrected chi connectivity index (χ3v) is 6.35. The minimum Gasteiger partial charge on any atom is -0.454 e. The van der Waals surface area contributed by atoms with E-state index in [0.29, 0.717) is 35.5 Å². The van der Waals surface area contributed by atoms with E-state index in [1.807, 2.05) is 31.2 Å². The van der Waals surface area contributed by atoms with Gasteiger partial charge < -0.3 is 14.8 Å². The fourth-order valence-corrected chi connectivity index (χ4v) is 4.79. The average molecular weight is 421 g/mol. The van der Waals surface area contributed by atoms with E-state index in [4.69, 9.17) is 9.47 Å². The number of ether oxygens (including phenoxy) is 2. The van der Waals surface area contributed by atoms with E-state index in [9.17, 15) is 9.59 Å². The van der Waals surface area contributed by atoms with Gasteiger partial charge in [0.05, 0.1) is 15.8 Å². The van der Waals surface area contributed by atoms with E-state index in [1.54, 1.807) is 29.5 Å². The average Bonchev–Trinajstić information content (AvgIpc) is 3.36. The number of hydrogen-bond acceptors (Lipinski definition) is 6. The molecule has 0 aliphatic carbocycles. The molecule has 7 nitrogen and oxygen atoms in total. The van der Waals surface area contributed by atoms with E-state index in [-0.39, 0.29) is 24.7 Å². The van der Waals surface area contributed by atoms with Crippen molar-refractivity contribution in [1.82, 2.24) is 9.78 Å². The summed E-state index contributed by atoms with van der Waals surface area (Å²) < 4.78 is 14.1. The van der Waals surface area contributed by atoms with Crippen LogP contribution in [0.25, 0.3) is 20.2 Å². The largest absolute Gasteiger partial charge is 0.454 e. The first-order chi connectivity index (χ1) is 14.6. The third kappa shape index (κ3) is 3.29. The Morgan fingerprint density at radius 1 is 1.20 bits per heavy atom. The van der Waals surface area contributed by atoms with Gasteiger partial charge in [-0.3, -0.25) is 9.59 Å². The number of fused-ring (bicyclic) bond motifs is 4. The van der Waals surface area contributed by atoms with Gasteiger partial charge in [0.15, 0.2) is 11.5 Å². The number of hydrogen-bond donors (Lipinski definition) is 1. The molecule has 1 aliphatic heterocycles. The van der Waals surface area contributed by atoms with Crippen LogP contribution < -0.4 is 20.3 Å². The molecular weight excluding hydrogens is 402 g/mol. The highest BCUT2D eigenvalue weighted by Gasteiger charge is 2.16. The molecule has 0 bridgehead atoms. The van der Waals surface area contributed by atoms with Crippen LogP contribution in [0.5, 0.6) is 11.5 Å². The maximum absolute atomic E-state index is 13.0. The van der Waals surface area contributed by atoms with E-state index < -0.39 is 0 Å². The molecule has 4 aromatic rings. The number of nitrogens with zero attached hydrogens (tertiary/aromatic N) is 2. The van der Waals surface area contributed by atoms with Gasteiger partial charge in [-0.2, -0.15) is 5.10 Å². The number of rotatable bonds is 5. The van der Waals surface area contributed by atoms with Crippen LogP contribution in [-0.4, -0.2) is 22.5 Å². The molecule has 0 saturated heterocycles. The molecule has 1 N–H and O–H groups in total. The zero-order chi connectivity index (χ0) is 20.7. The van der Waals surface area contributed by atoms with Gasteiger partial charge in [-0.1, -0.05) is 18.2 Å². The van der Waals surface area contributed by atoms with E-state index in [2.05, 4.69) is 10.4 Å². The van der Waals surface area contributed by atoms with Crippen molar-refractivity contribution in [1.29, 1.82) is 0 Å². The van der Waals surface area contributed by atoms with E-state index >= 15 is 0 Å². The molecule has 2 aromatic carbocycles. The van der Waals surface area contributed by atoms with Gasteiger partial charge in [0.2, 0.25) is 12.7 Å². The molecule has 0 radical (unpaired) electrons. The topological polar surface area (TPSA) is 82.5 Å². The van der Waals surface area contributed by atoms with Crippen LogP contribution in [0.15, 0.2) is 47.3 Å². The number of thiophene rings is 1. The van der Waals surface area contributed by atoms with Crippen molar-refractivity contribution in [3.8, 4) is 11.5 Å². The lowest BCUT2D eigenvalue weighted by molar-refractivity contribution is -0.116. The van der Waals surface area contributed by atoms with Crippen LogP contribution >= 0.6 is 11.3 Å². The molecule has 0 unspecified atom stereocenters. The Hall–Kier alpha value is -3.39. The number of aromatic nitrogens is 2. The quantitative estimate of drug-likeness (QED) is 0.525. The third-order valence-electron chi connectivity index (χ3n) is 5.07. The van der Waals surface area contributed by atoms with Crippen molar-refractivity contribution in [3.63, 3.8) is 0 Å². The molecule has 0 saturated carbocycles. The van der Waals surface area contributed by atoms with Gasteiger partial charge in [0, 0.05) is 34.8 Å². The maximum atomic E-state index is 13.0. The molecule has 0 fully saturated rings. The van der Waals surface area contributed by atoms with Gasteiger partial charge in [-0.05, 0) is 31.5 Å². The molecule has 3 heterocycles. The van der Waals surface area contributed by atoms with Crippen LogP contribution in [0, 0.1) is 6.92 Å². The summed E-state index contributed by atoms with van der Waals surface area (Å²) >= 11 is 1.59. The predicted octanol–water partition coefficient (Wildman–Crippen LogP) is 4.07. The van der Waals surface area contributed by atoms with Crippen molar-refractivity contribution in [2.75, 3.05) is 12.1 Å². The number of benzene rings is 2. The fourth-order valence-electron chi connectivity index (χ4n) is 3.65. The minimum atomic E-state index is -0.124. The summed E-state index contributed by atoms with van der Waals surface area (Å²) in [5, 5.41) is 9.00. The van der Waals surface area contributed by atoms with Gasteiger partial charge in [0.1, 0.15) is 0 Å². The van der Waals surface area contributed by atoms with E-state index in [1.165, 1.54) is 4.68 Å². The van der Waals surface area contributed by atoms with E-state index in [0.717, 1.165) is 20.5 Å². The molecule has 0 atom stereocenters. The Kier molecular flexibility index (Phi) is 4.63. The molecule has 152 valence electrons. The normalized spacial score (nSPS) is 12.6. The van der Waals surface area contributed by atoms with Crippen molar-refractivity contribution < 1.29 is 14.3 Å². The first-order valence-electron chi connectivity index (χ1n) is 9.68. The second-order valence-electron chi connectivity index (χ2n) is 7.14. The van der Waals surface area contributed by atoms with Crippen molar-refractivity contribution >= 4 is 43.1 Å². The molecule has 1 amide bonds. The Morgan fingerprint density at radius 3 is 2.93 bits per heavy atom. The first kappa shape index (κ1) is 18.6. The molecule has 8 heteroatoms. The fraction of sp³-hybridized carbons (Fsp3) is 0.227. The number of aryl methyl sites for hydroxylation is 2. The number of carbonyl (C=O) groups is 1. The van der Waals surface area contributed by atoms with Gasteiger partial charge in [0.25, 0.3) is 5.56 Å². The number of carbonyl (C=O) groups excluding carboxylic acids is 1. The molecule has 1 aliphatic rings. The summed E-state index contributed by atoms with van der Waals surface area (Å²) in [7, 11) is 0. The summed E-state index contributed by atoms with van der Waals surface area (Å²) in [6.45, 7) is 2.49. The van der Waals surface area contributed by atoms with Crippen molar-refractivity contribution in [2.45, 2.75) is 26.3 Å². The molecular formula is C22H19N3O4S. The monoisotopic (exact) mass is 421 g/mol. The lowest BCUT2D eigenvalue weighted by atomic mass is 10.2. The summed E-state index contributed by atoms with van der Waals surface area (Å²) in [4.78, 5) is 25.3. The molecule has 5 rings (SSSR count). The Morgan fingerprint density at radius 2 is 2.03 bits per heavy atom. The minimum absolute atomic E-state index is 0.107. The van der Waals surface area contributed by atoms with Gasteiger partial charge >= 0.3 is 0 Å². The SMILES string of the molecule is Cc1nn(CCCC(=O)Nc2ccc3c(c2)OCO3)c(=O)c2c1sc1ccccc12. The summed E-state index contributed by atoms with van der Waals surface area (Å²) in [6, 6.07) is 13.2. The van der Waals surface area contributed by atoms with Gasteiger partial charge in [-0.15, -0.1) is 11.3 Å². The van der Waals surface area contributed by atoms with Crippen LogP contribution in [0.3, 0.4) is 0 Å². The Labute approximate surface area is 175 Å². The number of amides is 1. The standard InChI is InChI=1S/C22H19N3O4S/c1-13-21-20(15-5-2-3-6-18(15)30-21)22(27)25(24-13)10-4-7-19(26)23-14-8-9-16-17(11-14)29-12-28-16/h2-3,5-6,8-9,11H,4,7,10,12H2,1H3,(H,23,26). The Balaban J connectivity index is 1.29. The molecule has 2 aromatic heterocycles. The smallest absolute Gasteiger partial charge is 0.276 e. The predicted molar refractivity (Wildman–Crippen MR) is 117 cm³/mol. The van der Waals surface area contributed by atoms with Gasteiger partial charge in [-0.25, -0.2) is 4.68 Å². The highest BCUT2D eigenvalue weighted by molar-refractivity contribution is 7.26. The maximum Gasteiger partial charge on any atom is 0.276 e. The van der Waals surface area contributed by atoms with Crippen molar-refractivity contribution in [3.05, 3.63) is 58.5 Å². The van der Waals surface area contributed by atoms with Crippen LogP contribution in [-0.2, 0) is 11.3 Å². The molecule has 0 spiro atoms. The zero-order valence-electron chi connectivity index (χ0n) is 16.3. The highest BCUT2D eigenvalue weighted by Crippen LogP contribution is 2.34. The lowest BCUT2D eigenvalue weighted by Gasteiger charge is -2.08. The van der Waals surface area contributed by atoms with Crippen molar-refractivity contribution in [2.24, 2.45) is 0 Å². The van der Waals surface area contributed by atoms with Crippen LogP contribution in [0.1, 0.15) is 18.5 Å². The number of nitrogens with one attached hydrogen (secondary N) is 1. The summed E-state index contributed by atoms with van der Waals surface area (Å²) in [5.74, 6) is 1.17. The van der Waals surface area contributed by atoms with Crippen LogP contribution in [0.4, 0.5) is 5.69 Å². The summed E-state index contributed by atoms with van der Waals surface area (Å²) in [5.41, 5.74) is 1.38. The summed E-state index contributed by atoms with van der Waals surface area (Å²) in [6.07, 6.45) is 0.792. The Bertz CT molecular complexity index is 1340. The number of anilines is 1.